The van der Waals surface area contributed by atoms with Crippen molar-refractivity contribution in [3.05, 3.63) is 59.6 Å². The predicted molar refractivity (Wildman–Crippen MR) is 93.6 cm³/mol. The molecule has 0 amide bonds. The number of aliphatic hydroxyl groups excluding tert-OH is 1. The van der Waals surface area contributed by atoms with Crippen molar-refractivity contribution in [3.8, 4) is 5.75 Å². The lowest BCUT2D eigenvalue weighted by molar-refractivity contribution is 0.411. The van der Waals surface area contributed by atoms with E-state index in [4.69, 9.17) is 5.41 Å². The first kappa shape index (κ1) is 14.3. The van der Waals surface area contributed by atoms with Crippen LogP contribution in [0.2, 0.25) is 0 Å². The number of rotatable bonds is 2. The zero-order valence-corrected chi connectivity index (χ0v) is 13.0. The normalized spacial score (nSPS) is 14.9. The number of imidazole rings is 1. The summed E-state index contributed by atoms with van der Waals surface area (Å²) in [6, 6.07) is 12.5. The summed E-state index contributed by atoms with van der Waals surface area (Å²) in [5, 5.41) is 28.4. The number of nitrogens with zero attached hydrogens (tertiary/aromatic N) is 2. The van der Waals surface area contributed by atoms with Gasteiger partial charge in [0, 0.05) is 11.8 Å². The zero-order valence-electron chi connectivity index (χ0n) is 13.0. The number of aromatic amines is 1. The fourth-order valence-corrected chi connectivity index (χ4v) is 2.95. The molecule has 1 aromatic heterocycles. The molecular formula is C18H16N4O2. The number of aromatic hydroxyl groups is 1. The number of aliphatic hydroxyl groups is 1. The Bertz CT molecular complexity index is 1000. The third-order valence-corrected chi connectivity index (χ3v) is 4.12. The van der Waals surface area contributed by atoms with E-state index >= 15 is 0 Å². The second kappa shape index (κ2) is 5.13. The molecule has 4 rings (SSSR count). The maximum atomic E-state index is 10.4. The summed E-state index contributed by atoms with van der Waals surface area (Å²) in [5.74, 6) is 0.821. The van der Waals surface area contributed by atoms with E-state index in [0.717, 1.165) is 16.6 Å². The van der Waals surface area contributed by atoms with Gasteiger partial charge in [0.1, 0.15) is 23.2 Å². The quantitative estimate of drug-likeness (QED) is 0.582. The SMILES string of the molecule is Cc1ccc2nc(C3=C(O)CN(c4cccc(O)c4)C3=N)[nH]c2c1. The van der Waals surface area contributed by atoms with Crippen molar-refractivity contribution in [2.24, 2.45) is 0 Å². The van der Waals surface area contributed by atoms with Crippen LogP contribution in [0.5, 0.6) is 5.75 Å². The number of aryl methyl sites for hydroxylation is 1. The Labute approximate surface area is 138 Å². The number of aromatic nitrogens is 2. The maximum Gasteiger partial charge on any atom is 0.145 e. The topological polar surface area (TPSA) is 96.2 Å². The van der Waals surface area contributed by atoms with E-state index in [-0.39, 0.29) is 23.9 Å². The van der Waals surface area contributed by atoms with Gasteiger partial charge in [-0.1, -0.05) is 12.1 Å². The Morgan fingerprint density at radius 3 is 2.79 bits per heavy atom. The van der Waals surface area contributed by atoms with E-state index in [1.54, 1.807) is 29.2 Å². The van der Waals surface area contributed by atoms with Crippen molar-refractivity contribution in [1.82, 2.24) is 9.97 Å². The van der Waals surface area contributed by atoms with Gasteiger partial charge >= 0.3 is 0 Å². The second-order valence-electron chi connectivity index (χ2n) is 5.88. The van der Waals surface area contributed by atoms with Crippen LogP contribution in [0.15, 0.2) is 48.2 Å². The van der Waals surface area contributed by atoms with Crippen LogP contribution < -0.4 is 4.90 Å². The van der Waals surface area contributed by atoms with Crippen LogP contribution in [0.1, 0.15) is 11.4 Å². The number of fused-ring (bicyclic) bond motifs is 1. The third-order valence-electron chi connectivity index (χ3n) is 4.12. The molecule has 2 aromatic carbocycles. The minimum atomic E-state index is 0.0825. The van der Waals surface area contributed by atoms with Crippen molar-refractivity contribution in [1.29, 1.82) is 5.41 Å². The van der Waals surface area contributed by atoms with Crippen molar-refractivity contribution in [3.63, 3.8) is 0 Å². The molecule has 0 fully saturated rings. The van der Waals surface area contributed by atoms with Gasteiger partial charge in [-0.15, -0.1) is 0 Å². The van der Waals surface area contributed by atoms with Gasteiger partial charge in [-0.05, 0) is 36.8 Å². The number of phenols is 1. The standard InChI is InChI=1S/C18H16N4O2/c1-10-5-6-13-14(7-10)21-18(20-13)16-15(24)9-22(17(16)19)11-3-2-4-12(23)8-11/h2-8,19,23-24H,9H2,1H3,(H,20,21). The van der Waals surface area contributed by atoms with Crippen molar-refractivity contribution >= 4 is 28.1 Å². The van der Waals surface area contributed by atoms with Crippen LogP contribution in [-0.2, 0) is 0 Å². The molecule has 1 aliphatic rings. The van der Waals surface area contributed by atoms with E-state index in [1.165, 1.54) is 0 Å². The minimum absolute atomic E-state index is 0.0825. The van der Waals surface area contributed by atoms with Crippen LogP contribution >= 0.6 is 0 Å². The number of phenolic OH excluding ortho intramolecular Hbond substituents is 1. The molecular weight excluding hydrogens is 304 g/mol. The number of benzene rings is 2. The third kappa shape index (κ3) is 2.20. The first-order valence-electron chi connectivity index (χ1n) is 7.57. The molecule has 0 bridgehead atoms. The Kier molecular flexibility index (Phi) is 3.06. The summed E-state index contributed by atoms with van der Waals surface area (Å²) in [4.78, 5) is 9.30. The molecule has 0 atom stereocenters. The number of hydrogen-bond donors (Lipinski definition) is 4. The molecule has 0 spiro atoms. The Morgan fingerprint density at radius 2 is 2.00 bits per heavy atom. The Morgan fingerprint density at radius 1 is 1.17 bits per heavy atom. The molecule has 120 valence electrons. The first-order chi connectivity index (χ1) is 11.5. The summed E-state index contributed by atoms with van der Waals surface area (Å²) in [6.45, 7) is 2.17. The van der Waals surface area contributed by atoms with Crippen LogP contribution in [0.4, 0.5) is 5.69 Å². The van der Waals surface area contributed by atoms with Crippen LogP contribution in [0, 0.1) is 12.3 Å². The predicted octanol–water partition coefficient (Wildman–Crippen LogP) is 3.34. The summed E-state index contributed by atoms with van der Waals surface area (Å²) in [6.07, 6.45) is 0. The monoisotopic (exact) mass is 320 g/mol. The van der Waals surface area contributed by atoms with Crippen LogP contribution in [0.3, 0.4) is 0 Å². The van der Waals surface area contributed by atoms with E-state index in [9.17, 15) is 10.2 Å². The first-order valence-corrected chi connectivity index (χ1v) is 7.57. The molecule has 0 saturated carbocycles. The Balaban J connectivity index is 1.74. The molecule has 3 aromatic rings. The highest BCUT2D eigenvalue weighted by molar-refractivity contribution is 6.30. The lowest BCUT2D eigenvalue weighted by Crippen LogP contribution is -2.26. The summed E-state index contributed by atoms with van der Waals surface area (Å²) < 4.78 is 0. The molecule has 6 heteroatoms. The van der Waals surface area contributed by atoms with Gasteiger partial charge in [-0.25, -0.2) is 4.98 Å². The van der Waals surface area contributed by atoms with Gasteiger partial charge in [0.05, 0.1) is 23.2 Å². The molecule has 4 N–H and O–H groups in total. The maximum absolute atomic E-state index is 10.4. The highest BCUT2D eigenvalue weighted by Gasteiger charge is 2.31. The Hall–Kier alpha value is -3.28. The molecule has 0 aliphatic carbocycles. The number of hydrogen-bond acceptors (Lipinski definition) is 4. The molecule has 1 aliphatic heterocycles. The zero-order chi connectivity index (χ0) is 16.8. The average molecular weight is 320 g/mol. The van der Waals surface area contributed by atoms with E-state index in [1.807, 2.05) is 25.1 Å². The van der Waals surface area contributed by atoms with E-state index < -0.39 is 0 Å². The number of nitrogens with one attached hydrogen (secondary N) is 2. The van der Waals surface area contributed by atoms with Gasteiger partial charge in [0.2, 0.25) is 0 Å². The number of amidine groups is 1. The number of anilines is 1. The second-order valence-corrected chi connectivity index (χ2v) is 5.88. The summed E-state index contributed by atoms with van der Waals surface area (Å²) in [5.41, 5.74) is 3.80. The number of H-pyrrole nitrogens is 1. The van der Waals surface area contributed by atoms with Gasteiger partial charge in [0.15, 0.2) is 0 Å². The van der Waals surface area contributed by atoms with Crippen molar-refractivity contribution in [2.45, 2.75) is 6.92 Å². The molecule has 0 radical (unpaired) electrons. The fraction of sp³-hybridized carbons (Fsp3) is 0.111. The van der Waals surface area contributed by atoms with Crippen molar-refractivity contribution < 1.29 is 10.2 Å². The van der Waals surface area contributed by atoms with E-state index in [0.29, 0.717) is 17.1 Å². The lowest BCUT2D eigenvalue weighted by atomic mass is 10.2. The molecule has 0 saturated heterocycles. The van der Waals surface area contributed by atoms with Crippen LogP contribution in [0.25, 0.3) is 16.6 Å². The van der Waals surface area contributed by atoms with Gasteiger partial charge in [-0.3, -0.25) is 5.41 Å². The molecule has 6 nitrogen and oxygen atoms in total. The summed E-state index contributed by atoms with van der Waals surface area (Å²) in [7, 11) is 0. The lowest BCUT2D eigenvalue weighted by Gasteiger charge is -2.18. The average Bonchev–Trinajstić information content (AvgIpc) is 3.07. The minimum Gasteiger partial charge on any atom is -0.509 e. The smallest absolute Gasteiger partial charge is 0.145 e. The highest BCUT2D eigenvalue weighted by atomic mass is 16.3. The molecule has 2 heterocycles. The highest BCUT2D eigenvalue weighted by Crippen LogP contribution is 2.32. The van der Waals surface area contributed by atoms with E-state index in [2.05, 4.69) is 9.97 Å². The summed E-state index contributed by atoms with van der Waals surface area (Å²) >= 11 is 0. The van der Waals surface area contributed by atoms with Gasteiger partial charge in [-0.2, -0.15) is 0 Å². The largest absolute Gasteiger partial charge is 0.509 e. The van der Waals surface area contributed by atoms with Gasteiger partial charge in [0.25, 0.3) is 0 Å². The van der Waals surface area contributed by atoms with Crippen LogP contribution in [-0.4, -0.2) is 32.6 Å². The van der Waals surface area contributed by atoms with Crippen molar-refractivity contribution in [2.75, 3.05) is 11.4 Å². The molecule has 0 unspecified atom stereocenters. The fourth-order valence-electron chi connectivity index (χ4n) is 2.95. The van der Waals surface area contributed by atoms with Gasteiger partial charge < -0.3 is 20.1 Å². The molecule has 24 heavy (non-hydrogen) atoms.